The number of unbranched alkanes of at least 4 members (excludes halogenated alkanes) is 4. The summed E-state index contributed by atoms with van der Waals surface area (Å²) in [5.41, 5.74) is 0. The van der Waals surface area contributed by atoms with Crippen molar-refractivity contribution >= 4 is 37.2 Å². The second kappa shape index (κ2) is 40.8. The molecule has 0 aromatic rings. The van der Waals surface area contributed by atoms with Crippen LogP contribution in [-0.4, -0.2) is 69.3 Å². The number of carbonyl (C=O) groups excluding carboxylic acids is 1. The number of hydrogen-bond donors (Lipinski definition) is 0. The molecule has 20 heteroatoms. The molecule has 60 heavy (non-hydrogen) atoms. The van der Waals surface area contributed by atoms with Gasteiger partial charge in [-0.15, -0.1) is 0 Å². The molecule has 0 aliphatic carbocycles. The van der Waals surface area contributed by atoms with Crippen LogP contribution >= 0.6 is 0 Å². The number of cyclic esters (lactones) is 1. The first-order chi connectivity index (χ1) is 27.1. The van der Waals surface area contributed by atoms with Gasteiger partial charge in [0, 0.05) is 18.9 Å². The molecule has 0 spiro atoms. The van der Waals surface area contributed by atoms with E-state index in [1.807, 2.05) is 13.0 Å². The molecule has 336 valence electrons. The van der Waals surface area contributed by atoms with Crippen molar-refractivity contribution in [3.63, 3.8) is 0 Å². The van der Waals surface area contributed by atoms with E-state index in [2.05, 4.69) is 6.08 Å². The zero-order chi connectivity index (χ0) is 42.3. The minimum Gasteiger partial charge on any atom is -0.726 e. The molecule has 0 bridgehead atoms. The van der Waals surface area contributed by atoms with E-state index in [-0.39, 0.29) is 114 Å². The number of rotatable bonds is 15. The Hall–Kier alpha value is 1.56. The molecule has 0 aromatic heterocycles. The molecule has 14 nitrogen and oxygen atoms in total. The van der Waals surface area contributed by atoms with Gasteiger partial charge in [-0.05, 0) is 64.7 Å². The summed E-state index contributed by atoms with van der Waals surface area (Å²) in [5, 5.41) is 0. The first-order valence-corrected chi connectivity index (χ1v) is 25.5. The van der Waals surface area contributed by atoms with Gasteiger partial charge in [-0.3, -0.25) is 12.5 Å². The first kappa shape index (κ1) is 65.8. The fraction of sp³-hybridized carbons (Fsp3) is 0.875. The molecule has 0 saturated heterocycles. The summed E-state index contributed by atoms with van der Waals surface area (Å²) >= 11 is 0. The van der Waals surface area contributed by atoms with Crippen LogP contribution in [0.2, 0.25) is 0 Å². The zero-order valence-corrected chi connectivity index (χ0v) is 45.7. The van der Waals surface area contributed by atoms with Gasteiger partial charge in [0.15, 0.2) is 0 Å². The minimum absolute atomic E-state index is 0. The Morgan fingerprint density at radius 1 is 0.633 bits per heavy atom. The number of allylic oxidation sites excluding steroid dienone is 3. The Balaban J connectivity index is -0.0000108. The van der Waals surface area contributed by atoms with E-state index < -0.39 is 61.6 Å². The maximum Gasteiger partial charge on any atom is 1.00 e. The van der Waals surface area contributed by atoms with E-state index in [4.69, 9.17) is 17.3 Å². The van der Waals surface area contributed by atoms with Crippen LogP contribution in [0.5, 0.6) is 0 Å². The molecule has 0 amide bonds. The third kappa shape index (κ3) is 44.7. The molecular formula is C40H71Na3O14S3. The SMILES string of the molecule is C/C=C/CCCCCCC(CC1CCCCCCCCCCCC(OS(=O)(=O)[O-])CC(OS(=O)(=O)[O-])CCCCCCCCCCC/C=C/C(=O)O1)OS(=O)(=O)[O-].[Na+].[Na+].[Na+]. The predicted molar refractivity (Wildman–Crippen MR) is 216 cm³/mol. The average Bonchev–Trinajstić information content (AvgIpc) is 3.09. The normalized spacial score (nSPS) is 22.8. The third-order valence-electron chi connectivity index (χ3n) is 10.2. The summed E-state index contributed by atoms with van der Waals surface area (Å²) in [6.45, 7) is 1.98. The number of esters is 1. The van der Waals surface area contributed by atoms with E-state index in [9.17, 15) is 43.7 Å². The smallest absolute Gasteiger partial charge is 0.726 e. The van der Waals surface area contributed by atoms with Crippen LogP contribution in [0.1, 0.15) is 200 Å². The van der Waals surface area contributed by atoms with Crippen molar-refractivity contribution in [1.82, 2.24) is 0 Å². The van der Waals surface area contributed by atoms with Crippen LogP contribution < -0.4 is 88.7 Å². The van der Waals surface area contributed by atoms with Gasteiger partial charge in [0.05, 0.1) is 18.3 Å². The number of ether oxygens (including phenoxy) is 1. The molecule has 1 aliphatic heterocycles. The molecule has 0 radical (unpaired) electrons. The molecule has 0 fully saturated rings. The fourth-order valence-corrected chi connectivity index (χ4v) is 8.84. The topological polar surface area (TPSA) is 226 Å². The summed E-state index contributed by atoms with van der Waals surface area (Å²) in [4.78, 5) is 12.8. The summed E-state index contributed by atoms with van der Waals surface area (Å²) in [5.74, 6) is -0.493. The molecule has 1 heterocycles. The van der Waals surface area contributed by atoms with Crippen LogP contribution in [0.15, 0.2) is 24.3 Å². The summed E-state index contributed by atoms with van der Waals surface area (Å²) in [6.07, 6.45) is 25.9. The van der Waals surface area contributed by atoms with E-state index in [1.165, 1.54) is 6.08 Å². The maximum absolute atomic E-state index is 12.8. The van der Waals surface area contributed by atoms with Gasteiger partial charge >= 0.3 is 94.6 Å². The number of carbonyl (C=O) groups is 1. The van der Waals surface area contributed by atoms with Crippen molar-refractivity contribution in [2.45, 2.75) is 224 Å². The minimum atomic E-state index is -5.06. The zero-order valence-electron chi connectivity index (χ0n) is 37.3. The average molecular weight is 941 g/mol. The summed E-state index contributed by atoms with van der Waals surface area (Å²) in [6, 6.07) is 0. The largest absolute Gasteiger partial charge is 1.00 e. The molecular weight excluding hydrogens is 870 g/mol. The Morgan fingerprint density at radius 3 is 1.52 bits per heavy atom. The van der Waals surface area contributed by atoms with Gasteiger partial charge in [-0.2, -0.15) is 0 Å². The van der Waals surface area contributed by atoms with E-state index in [0.717, 1.165) is 128 Å². The summed E-state index contributed by atoms with van der Waals surface area (Å²) < 4.78 is 124. The van der Waals surface area contributed by atoms with Crippen molar-refractivity contribution in [2.24, 2.45) is 0 Å². The van der Waals surface area contributed by atoms with Crippen LogP contribution in [0, 0.1) is 0 Å². The third-order valence-corrected chi connectivity index (χ3v) is 11.7. The van der Waals surface area contributed by atoms with Crippen molar-refractivity contribution in [3.05, 3.63) is 24.3 Å². The monoisotopic (exact) mass is 940 g/mol. The Labute approximate surface area is 430 Å². The second-order valence-electron chi connectivity index (χ2n) is 15.4. The van der Waals surface area contributed by atoms with E-state index in [1.54, 1.807) is 6.08 Å². The summed E-state index contributed by atoms with van der Waals surface area (Å²) in [7, 11) is -15.0. The quantitative estimate of drug-likeness (QED) is 0.0538. The second-order valence-corrected chi connectivity index (χ2v) is 18.4. The van der Waals surface area contributed by atoms with Crippen LogP contribution in [0.4, 0.5) is 0 Å². The molecule has 4 atom stereocenters. The van der Waals surface area contributed by atoms with Gasteiger partial charge < -0.3 is 18.4 Å². The number of hydrogen-bond acceptors (Lipinski definition) is 14. The van der Waals surface area contributed by atoms with Gasteiger partial charge in [0.25, 0.3) is 0 Å². The van der Waals surface area contributed by atoms with E-state index >= 15 is 0 Å². The Bertz CT molecular complexity index is 1430. The Kier molecular flexibility index (Phi) is 44.8. The van der Waals surface area contributed by atoms with Crippen molar-refractivity contribution in [3.8, 4) is 0 Å². The van der Waals surface area contributed by atoms with Gasteiger partial charge in [-0.25, -0.2) is 30.0 Å². The molecule has 1 aliphatic rings. The van der Waals surface area contributed by atoms with Gasteiger partial charge in [0.1, 0.15) is 6.10 Å². The Morgan fingerprint density at radius 2 is 1.07 bits per heavy atom. The van der Waals surface area contributed by atoms with Crippen molar-refractivity contribution < 1.29 is 150 Å². The molecule has 1 rings (SSSR count). The maximum atomic E-state index is 12.8. The van der Waals surface area contributed by atoms with Crippen LogP contribution in [-0.2, 0) is 53.3 Å². The van der Waals surface area contributed by atoms with Crippen molar-refractivity contribution in [1.29, 1.82) is 0 Å². The molecule has 4 unspecified atom stereocenters. The van der Waals surface area contributed by atoms with Crippen molar-refractivity contribution in [2.75, 3.05) is 0 Å². The van der Waals surface area contributed by atoms with Crippen LogP contribution in [0.3, 0.4) is 0 Å². The predicted octanol–water partition coefficient (Wildman–Crippen LogP) is 0.295. The van der Waals surface area contributed by atoms with Crippen LogP contribution in [0.25, 0.3) is 0 Å². The standard InChI is InChI=1S/C40H74O14S3.3Na/c1-2-3-4-5-14-20-25-30-37(52-55(42,43)44)34-36-29-24-19-15-11-9-12-17-22-27-32-39(54-57(48,49)50)35-38(53-56(45,46)47)31-26-21-16-10-7-6-8-13-18-23-28-33-40(41)51-36;;;/h2-3,28,33,36-39H,4-27,29-32,34-35H2,1H3,(H,42,43,44)(H,45,46,47)(H,48,49,50);;;/q;3*+1/p-3/b3-2+,33-28+;;;. The fourth-order valence-electron chi connectivity index (χ4n) is 7.32. The first-order valence-electron chi connectivity index (χ1n) is 21.5. The molecule has 0 N–H and O–H groups in total. The van der Waals surface area contributed by atoms with E-state index in [0.29, 0.717) is 38.5 Å². The van der Waals surface area contributed by atoms with Gasteiger partial charge in [0.2, 0.25) is 31.2 Å². The molecule has 0 saturated carbocycles. The van der Waals surface area contributed by atoms with Gasteiger partial charge in [-0.1, -0.05) is 140 Å². The molecule has 0 aromatic carbocycles.